The molecule has 1 aromatic heterocycles. The van der Waals surface area contributed by atoms with E-state index in [-0.39, 0.29) is 17.7 Å². The van der Waals surface area contributed by atoms with Crippen molar-refractivity contribution in [2.24, 2.45) is 5.92 Å². The Morgan fingerprint density at radius 3 is 2.62 bits per heavy atom. The van der Waals surface area contributed by atoms with Crippen LogP contribution < -0.4 is 10.0 Å². The molecule has 0 saturated heterocycles. The van der Waals surface area contributed by atoms with Crippen molar-refractivity contribution in [3.05, 3.63) is 64.5 Å². The third-order valence-electron chi connectivity index (χ3n) is 3.90. The van der Waals surface area contributed by atoms with Gasteiger partial charge in [-0.1, -0.05) is 44.0 Å². The van der Waals surface area contributed by atoms with Crippen molar-refractivity contribution in [2.45, 2.75) is 31.3 Å². The summed E-state index contributed by atoms with van der Waals surface area (Å²) >= 11 is 7.18. The largest absolute Gasteiger partial charge is 0.618 e. The summed E-state index contributed by atoms with van der Waals surface area (Å²) in [6, 6.07) is 12.6. The molecular formula is C18H21ClN2O2S. The SMILES string of the molecule is CCC(C)C(NC(=O)CSc1cccc[n+]1[O-])c1ccc(Cl)cc1. The van der Waals surface area contributed by atoms with E-state index < -0.39 is 0 Å². The first-order valence-electron chi connectivity index (χ1n) is 7.87. The maximum atomic E-state index is 12.3. The van der Waals surface area contributed by atoms with Gasteiger partial charge in [-0.2, -0.15) is 4.73 Å². The molecule has 0 spiro atoms. The van der Waals surface area contributed by atoms with Gasteiger partial charge in [0.2, 0.25) is 5.91 Å². The summed E-state index contributed by atoms with van der Waals surface area (Å²) < 4.78 is 0.767. The molecule has 1 N–H and O–H groups in total. The maximum Gasteiger partial charge on any atom is 0.251 e. The molecule has 4 nitrogen and oxygen atoms in total. The average molecular weight is 365 g/mol. The van der Waals surface area contributed by atoms with E-state index in [1.54, 1.807) is 18.2 Å². The highest BCUT2D eigenvalue weighted by atomic mass is 35.5. The molecule has 2 aromatic rings. The second-order valence-electron chi connectivity index (χ2n) is 5.64. The molecule has 1 amide bonds. The van der Waals surface area contributed by atoms with Gasteiger partial charge in [0.15, 0.2) is 6.20 Å². The van der Waals surface area contributed by atoms with Gasteiger partial charge in [-0.25, -0.2) is 0 Å². The number of pyridine rings is 1. The number of hydrogen-bond donors (Lipinski definition) is 1. The Balaban J connectivity index is 2.02. The first-order valence-corrected chi connectivity index (χ1v) is 9.23. The molecule has 2 unspecified atom stereocenters. The van der Waals surface area contributed by atoms with Crippen molar-refractivity contribution in [1.82, 2.24) is 5.32 Å². The topological polar surface area (TPSA) is 56.0 Å². The monoisotopic (exact) mass is 364 g/mol. The van der Waals surface area contributed by atoms with E-state index in [0.717, 1.165) is 16.7 Å². The first kappa shape index (κ1) is 18.6. The number of carbonyl (C=O) groups is 1. The Kier molecular flexibility index (Phi) is 6.94. The molecule has 0 saturated carbocycles. The highest BCUT2D eigenvalue weighted by Crippen LogP contribution is 2.26. The molecule has 0 fully saturated rings. The minimum atomic E-state index is -0.0934. The van der Waals surface area contributed by atoms with E-state index in [4.69, 9.17) is 11.6 Å². The van der Waals surface area contributed by atoms with Crippen molar-refractivity contribution in [3.63, 3.8) is 0 Å². The molecule has 0 radical (unpaired) electrons. The Hall–Kier alpha value is -1.72. The first-order chi connectivity index (χ1) is 11.5. The van der Waals surface area contributed by atoms with Crippen molar-refractivity contribution in [1.29, 1.82) is 0 Å². The van der Waals surface area contributed by atoms with Crippen LogP contribution in [0.4, 0.5) is 0 Å². The van der Waals surface area contributed by atoms with Crippen LogP contribution in [0, 0.1) is 11.1 Å². The summed E-state index contributed by atoms with van der Waals surface area (Å²) in [5.74, 6) is 0.401. The van der Waals surface area contributed by atoms with Crippen LogP contribution in [0.1, 0.15) is 31.9 Å². The van der Waals surface area contributed by atoms with Gasteiger partial charge in [0, 0.05) is 17.2 Å². The zero-order valence-electron chi connectivity index (χ0n) is 13.7. The van der Waals surface area contributed by atoms with Gasteiger partial charge >= 0.3 is 0 Å². The van der Waals surface area contributed by atoms with E-state index in [9.17, 15) is 10.0 Å². The standard InChI is InChI=1S/C18H21ClN2O2S/c1-3-13(2)18(14-7-9-15(19)10-8-14)20-16(22)12-24-17-6-4-5-11-21(17)23/h4-11,13,18H,3,12H2,1-2H3,(H,20,22). The van der Waals surface area contributed by atoms with Crippen molar-refractivity contribution in [2.75, 3.05) is 5.75 Å². The van der Waals surface area contributed by atoms with Gasteiger partial charge in [-0.15, -0.1) is 0 Å². The van der Waals surface area contributed by atoms with Crippen molar-refractivity contribution < 1.29 is 9.52 Å². The number of aromatic nitrogens is 1. The van der Waals surface area contributed by atoms with Gasteiger partial charge in [0.25, 0.3) is 5.03 Å². The molecule has 0 aliphatic heterocycles. The molecule has 2 atom stereocenters. The molecule has 2 rings (SSSR count). The normalized spacial score (nSPS) is 13.3. The predicted molar refractivity (Wildman–Crippen MR) is 97.9 cm³/mol. The van der Waals surface area contributed by atoms with E-state index in [2.05, 4.69) is 19.2 Å². The van der Waals surface area contributed by atoms with Crippen LogP contribution in [0.5, 0.6) is 0 Å². The number of carbonyl (C=O) groups excluding carboxylic acids is 1. The molecule has 0 aliphatic carbocycles. The number of hydrogen-bond acceptors (Lipinski definition) is 3. The van der Waals surface area contributed by atoms with Crippen LogP contribution >= 0.6 is 23.4 Å². The van der Waals surface area contributed by atoms with Crippen LogP contribution in [-0.2, 0) is 4.79 Å². The van der Waals surface area contributed by atoms with Gasteiger partial charge in [0.1, 0.15) is 0 Å². The lowest BCUT2D eigenvalue weighted by Gasteiger charge is -2.25. The minimum absolute atomic E-state index is 0.0736. The fourth-order valence-corrected chi connectivity index (χ4v) is 3.19. The van der Waals surface area contributed by atoms with Gasteiger partial charge in [-0.3, -0.25) is 4.79 Å². The average Bonchev–Trinajstić information content (AvgIpc) is 2.59. The highest BCUT2D eigenvalue weighted by Gasteiger charge is 2.21. The fraction of sp³-hybridized carbons (Fsp3) is 0.333. The summed E-state index contributed by atoms with van der Waals surface area (Å²) in [6.45, 7) is 4.20. The summed E-state index contributed by atoms with van der Waals surface area (Å²) in [4.78, 5) is 12.3. The number of amides is 1. The van der Waals surface area contributed by atoms with Crippen LogP contribution in [0.15, 0.2) is 53.7 Å². The Labute approximate surface area is 151 Å². The molecule has 0 bridgehead atoms. The van der Waals surface area contributed by atoms with E-state index in [1.807, 2.05) is 24.3 Å². The summed E-state index contributed by atoms with van der Waals surface area (Å²) in [6.07, 6.45) is 2.37. The molecule has 0 aliphatic rings. The van der Waals surface area contributed by atoms with Gasteiger partial charge in [-0.05, 0) is 41.4 Å². The number of nitrogens with one attached hydrogen (secondary N) is 1. The maximum absolute atomic E-state index is 12.3. The van der Waals surface area contributed by atoms with Crippen LogP contribution in [0.3, 0.4) is 0 Å². The second-order valence-corrected chi connectivity index (χ2v) is 7.07. The molecule has 128 valence electrons. The lowest BCUT2D eigenvalue weighted by molar-refractivity contribution is -0.645. The molecule has 6 heteroatoms. The van der Waals surface area contributed by atoms with Crippen molar-refractivity contribution >= 4 is 29.3 Å². The Morgan fingerprint density at radius 1 is 1.29 bits per heavy atom. The van der Waals surface area contributed by atoms with E-state index in [0.29, 0.717) is 16.0 Å². The number of benzene rings is 1. The number of rotatable bonds is 7. The quantitative estimate of drug-likeness (QED) is 0.459. The lowest BCUT2D eigenvalue weighted by Crippen LogP contribution is -2.34. The Bertz CT molecular complexity index is 679. The zero-order chi connectivity index (χ0) is 17.5. The summed E-state index contributed by atoms with van der Waals surface area (Å²) in [7, 11) is 0. The molecular weight excluding hydrogens is 344 g/mol. The summed E-state index contributed by atoms with van der Waals surface area (Å²) in [5, 5.41) is 15.9. The third kappa shape index (κ3) is 5.14. The number of thioether (sulfide) groups is 1. The lowest BCUT2D eigenvalue weighted by atomic mass is 9.92. The molecule has 1 aromatic carbocycles. The smallest absolute Gasteiger partial charge is 0.251 e. The Morgan fingerprint density at radius 2 is 2.00 bits per heavy atom. The van der Waals surface area contributed by atoms with Crippen LogP contribution in [0.25, 0.3) is 0 Å². The van der Waals surface area contributed by atoms with Crippen molar-refractivity contribution in [3.8, 4) is 0 Å². The number of nitrogens with zero attached hydrogens (tertiary/aromatic N) is 1. The summed E-state index contributed by atoms with van der Waals surface area (Å²) in [5.41, 5.74) is 1.03. The van der Waals surface area contributed by atoms with Gasteiger partial charge < -0.3 is 10.5 Å². The van der Waals surface area contributed by atoms with E-state index in [1.165, 1.54) is 18.0 Å². The van der Waals surface area contributed by atoms with E-state index >= 15 is 0 Å². The minimum Gasteiger partial charge on any atom is -0.618 e. The zero-order valence-corrected chi connectivity index (χ0v) is 15.3. The predicted octanol–water partition coefficient (Wildman–Crippen LogP) is 3.97. The third-order valence-corrected chi connectivity index (χ3v) is 5.17. The van der Waals surface area contributed by atoms with Crippen LogP contribution in [0.2, 0.25) is 5.02 Å². The molecule has 1 heterocycles. The highest BCUT2D eigenvalue weighted by molar-refractivity contribution is 7.99. The fourth-order valence-electron chi connectivity index (χ4n) is 2.34. The molecule has 24 heavy (non-hydrogen) atoms. The van der Waals surface area contributed by atoms with Crippen LogP contribution in [-0.4, -0.2) is 11.7 Å². The number of halogens is 1. The second kappa shape index (κ2) is 8.94. The van der Waals surface area contributed by atoms with Gasteiger partial charge in [0.05, 0.1) is 11.8 Å².